The summed E-state index contributed by atoms with van der Waals surface area (Å²) in [6.07, 6.45) is 3.82. The smallest absolute Gasteiger partial charge is 0.0992 e. The van der Waals surface area contributed by atoms with Crippen molar-refractivity contribution in [2.75, 3.05) is 30.8 Å². The van der Waals surface area contributed by atoms with E-state index in [2.05, 4.69) is 22.9 Å². The zero-order valence-corrected chi connectivity index (χ0v) is 11.3. The largest absolute Gasteiger partial charge is 0.397 e. The molecule has 0 radical (unpaired) electrons. The van der Waals surface area contributed by atoms with Crippen LogP contribution in [0.3, 0.4) is 0 Å². The standard InChI is InChI=1S/C15H20N4/c1-18-12-3-4-13(18)10-19(7-6-12)15-5-2-11(9-16)8-14(15)17/h2,5,8,12-13H,3-4,6-7,10,17H2,1H3. The van der Waals surface area contributed by atoms with Gasteiger partial charge in [0.25, 0.3) is 0 Å². The lowest BCUT2D eigenvalue weighted by atomic mass is 10.1. The molecule has 3 rings (SSSR count). The van der Waals surface area contributed by atoms with Gasteiger partial charge in [0.2, 0.25) is 0 Å². The molecule has 2 aliphatic heterocycles. The van der Waals surface area contributed by atoms with Crippen LogP contribution < -0.4 is 10.6 Å². The molecule has 2 aliphatic rings. The number of fused-ring (bicyclic) bond motifs is 2. The quantitative estimate of drug-likeness (QED) is 0.779. The van der Waals surface area contributed by atoms with Crippen molar-refractivity contribution in [3.63, 3.8) is 0 Å². The molecule has 0 saturated carbocycles. The summed E-state index contributed by atoms with van der Waals surface area (Å²) in [5.41, 5.74) is 8.54. The second-order valence-corrected chi connectivity index (χ2v) is 5.67. The fourth-order valence-electron chi connectivity index (χ4n) is 3.44. The Bertz CT molecular complexity index is 519. The molecule has 0 amide bonds. The molecule has 100 valence electrons. The van der Waals surface area contributed by atoms with Crippen LogP contribution in [0, 0.1) is 11.3 Å². The Morgan fingerprint density at radius 1 is 1.26 bits per heavy atom. The molecule has 2 unspecified atom stereocenters. The summed E-state index contributed by atoms with van der Waals surface area (Å²) in [7, 11) is 2.24. The number of nitrogen functional groups attached to an aromatic ring is 1. The van der Waals surface area contributed by atoms with Crippen LogP contribution in [-0.2, 0) is 0 Å². The van der Waals surface area contributed by atoms with Gasteiger partial charge in [0, 0.05) is 25.2 Å². The van der Waals surface area contributed by atoms with Crippen molar-refractivity contribution in [3.8, 4) is 6.07 Å². The molecule has 2 heterocycles. The molecule has 0 aliphatic carbocycles. The van der Waals surface area contributed by atoms with E-state index < -0.39 is 0 Å². The van der Waals surface area contributed by atoms with Gasteiger partial charge in [0.15, 0.2) is 0 Å². The number of nitrogens with zero attached hydrogens (tertiary/aromatic N) is 3. The number of benzene rings is 1. The third kappa shape index (κ3) is 2.15. The average Bonchev–Trinajstić information content (AvgIpc) is 2.64. The molecule has 2 N–H and O–H groups in total. The van der Waals surface area contributed by atoms with E-state index in [1.54, 1.807) is 6.07 Å². The van der Waals surface area contributed by atoms with Crippen LogP contribution in [0.1, 0.15) is 24.8 Å². The molecule has 4 heteroatoms. The van der Waals surface area contributed by atoms with Gasteiger partial charge in [-0.2, -0.15) is 5.26 Å². The maximum absolute atomic E-state index is 8.90. The lowest BCUT2D eigenvalue weighted by Crippen LogP contribution is -2.36. The van der Waals surface area contributed by atoms with E-state index in [9.17, 15) is 0 Å². The van der Waals surface area contributed by atoms with E-state index in [-0.39, 0.29) is 0 Å². The summed E-state index contributed by atoms with van der Waals surface area (Å²) in [4.78, 5) is 4.91. The number of nitriles is 1. The van der Waals surface area contributed by atoms with Crippen molar-refractivity contribution in [1.29, 1.82) is 5.26 Å². The van der Waals surface area contributed by atoms with E-state index >= 15 is 0 Å². The third-order valence-corrected chi connectivity index (χ3v) is 4.65. The van der Waals surface area contributed by atoms with Crippen LogP contribution in [0.25, 0.3) is 0 Å². The molecular weight excluding hydrogens is 236 g/mol. The van der Waals surface area contributed by atoms with Gasteiger partial charge in [-0.05, 0) is 44.5 Å². The molecule has 2 atom stereocenters. The minimum Gasteiger partial charge on any atom is -0.397 e. The Morgan fingerprint density at radius 3 is 2.79 bits per heavy atom. The van der Waals surface area contributed by atoms with Gasteiger partial charge in [-0.25, -0.2) is 0 Å². The monoisotopic (exact) mass is 256 g/mol. The van der Waals surface area contributed by atoms with E-state index in [0.29, 0.717) is 11.6 Å². The predicted molar refractivity (Wildman–Crippen MR) is 77.0 cm³/mol. The number of rotatable bonds is 1. The van der Waals surface area contributed by atoms with Crippen LogP contribution in [0.4, 0.5) is 11.4 Å². The number of likely N-dealkylation sites (N-methyl/N-ethyl adjacent to an activating group) is 1. The SMILES string of the molecule is CN1C2CCC1CN(c1ccc(C#N)cc1N)CC2. The number of hydrogen-bond acceptors (Lipinski definition) is 4. The lowest BCUT2D eigenvalue weighted by Gasteiger charge is -2.28. The van der Waals surface area contributed by atoms with Gasteiger partial charge >= 0.3 is 0 Å². The predicted octanol–water partition coefficient (Wildman–Crippen LogP) is 1.81. The maximum atomic E-state index is 8.90. The highest BCUT2D eigenvalue weighted by molar-refractivity contribution is 5.69. The highest BCUT2D eigenvalue weighted by Crippen LogP contribution is 2.33. The van der Waals surface area contributed by atoms with Gasteiger partial charge in [-0.1, -0.05) is 0 Å². The van der Waals surface area contributed by atoms with E-state index in [4.69, 9.17) is 11.0 Å². The first-order chi connectivity index (χ1) is 9.19. The third-order valence-electron chi connectivity index (χ3n) is 4.65. The lowest BCUT2D eigenvalue weighted by molar-refractivity contribution is 0.254. The number of hydrogen-bond donors (Lipinski definition) is 1. The zero-order valence-electron chi connectivity index (χ0n) is 11.3. The second kappa shape index (κ2) is 4.75. The van der Waals surface area contributed by atoms with Crippen LogP contribution in [0.15, 0.2) is 18.2 Å². The van der Waals surface area contributed by atoms with E-state index in [0.717, 1.165) is 30.5 Å². The van der Waals surface area contributed by atoms with Gasteiger partial charge in [-0.3, -0.25) is 4.90 Å². The fraction of sp³-hybridized carbons (Fsp3) is 0.533. The fourth-order valence-corrected chi connectivity index (χ4v) is 3.44. The Morgan fingerprint density at radius 2 is 2.05 bits per heavy atom. The minimum absolute atomic E-state index is 0.634. The van der Waals surface area contributed by atoms with Crippen LogP contribution >= 0.6 is 0 Å². The van der Waals surface area contributed by atoms with Crippen LogP contribution in [0.2, 0.25) is 0 Å². The first-order valence-electron chi connectivity index (χ1n) is 6.95. The van der Waals surface area contributed by atoms with Gasteiger partial charge in [0.1, 0.15) is 0 Å². The van der Waals surface area contributed by atoms with Crippen molar-refractivity contribution in [1.82, 2.24) is 4.90 Å². The van der Waals surface area contributed by atoms with Crippen molar-refractivity contribution >= 4 is 11.4 Å². The molecule has 1 aromatic carbocycles. The van der Waals surface area contributed by atoms with Gasteiger partial charge in [0.05, 0.1) is 23.0 Å². The average molecular weight is 256 g/mol. The minimum atomic E-state index is 0.634. The summed E-state index contributed by atoms with van der Waals surface area (Å²) < 4.78 is 0. The Hall–Kier alpha value is -1.73. The Balaban J connectivity index is 1.85. The number of nitrogens with two attached hydrogens (primary N) is 1. The highest BCUT2D eigenvalue weighted by Gasteiger charge is 2.34. The molecule has 4 nitrogen and oxygen atoms in total. The van der Waals surface area contributed by atoms with Crippen molar-refractivity contribution in [3.05, 3.63) is 23.8 Å². The molecule has 0 spiro atoms. The van der Waals surface area contributed by atoms with Crippen LogP contribution in [0.5, 0.6) is 0 Å². The van der Waals surface area contributed by atoms with E-state index in [1.165, 1.54) is 19.3 Å². The molecule has 2 fully saturated rings. The zero-order chi connectivity index (χ0) is 13.4. The normalized spacial score (nSPS) is 27.1. The summed E-state index contributed by atoms with van der Waals surface area (Å²) in [5, 5.41) is 8.90. The second-order valence-electron chi connectivity index (χ2n) is 5.67. The first kappa shape index (κ1) is 12.3. The number of anilines is 2. The molecule has 2 bridgehead atoms. The Labute approximate surface area is 114 Å². The van der Waals surface area contributed by atoms with Crippen molar-refractivity contribution < 1.29 is 0 Å². The summed E-state index contributed by atoms with van der Waals surface area (Å²) in [5.74, 6) is 0. The van der Waals surface area contributed by atoms with Crippen LogP contribution in [-0.4, -0.2) is 37.1 Å². The highest BCUT2D eigenvalue weighted by atomic mass is 15.3. The summed E-state index contributed by atoms with van der Waals surface area (Å²) in [6.45, 7) is 2.10. The maximum Gasteiger partial charge on any atom is 0.0992 e. The van der Waals surface area contributed by atoms with Crippen molar-refractivity contribution in [2.45, 2.75) is 31.3 Å². The van der Waals surface area contributed by atoms with Crippen molar-refractivity contribution in [2.24, 2.45) is 0 Å². The molecule has 0 aromatic heterocycles. The molecule has 2 saturated heterocycles. The summed E-state index contributed by atoms with van der Waals surface area (Å²) >= 11 is 0. The van der Waals surface area contributed by atoms with Gasteiger partial charge < -0.3 is 10.6 Å². The van der Waals surface area contributed by atoms with Gasteiger partial charge in [-0.15, -0.1) is 0 Å². The topological polar surface area (TPSA) is 56.3 Å². The first-order valence-corrected chi connectivity index (χ1v) is 6.95. The molecule has 1 aromatic rings. The van der Waals surface area contributed by atoms with E-state index in [1.807, 2.05) is 12.1 Å². The molecule has 19 heavy (non-hydrogen) atoms. The Kier molecular flexibility index (Phi) is 3.08. The summed E-state index contributed by atoms with van der Waals surface area (Å²) in [6, 6.07) is 9.14. The molecular formula is C15H20N4.